The SMILES string of the molecule is COc1ccc(C(OC[C@H]2O[C@@H](n3cc(C)c(=O)[nH]c3=O)C[C@@]2(O)OP(O)N(C(C)C)C(C)C)(c2ccccc2)c2ccc(OC)cc2)cc1. The van der Waals surface area contributed by atoms with E-state index in [1.165, 1.54) is 10.8 Å². The van der Waals surface area contributed by atoms with Crippen LogP contribution in [-0.4, -0.2) is 69.0 Å². The number of hydrogen-bond donors (Lipinski definition) is 3. The number of aromatic amines is 1. The van der Waals surface area contributed by atoms with Gasteiger partial charge in [0.15, 0.2) is 0 Å². The van der Waals surface area contributed by atoms with Crippen molar-refractivity contribution in [3.8, 4) is 11.5 Å². The van der Waals surface area contributed by atoms with E-state index in [2.05, 4.69) is 4.98 Å². The molecule has 0 amide bonds. The van der Waals surface area contributed by atoms with Crippen LogP contribution in [0.2, 0.25) is 0 Å². The van der Waals surface area contributed by atoms with Crippen LogP contribution in [0.5, 0.6) is 11.5 Å². The molecule has 1 unspecified atom stereocenters. The van der Waals surface area contributed by atoms with Gasteiger partial charge >= 0.3 is 5.69 Å². The molecule has 5 rings (SSSR count). The first kappa shape index (κ1) is 37.4. The summed E-state index contributed by atoms with van der Waals surface area (Å²) in [6, 6.07) is 24.5. The summed E-state index contributed by atoms with van der Waals surface area (Å²) in [5.74, 6) is -0.792. The Bertz CT molecular complexity index is 1770. The van der Waals surface area contributed by atoms with Gasteiger partial charge in [-0.1, -0.05) is 54.6 Å². The number of hydrogen-bond acceptors (Lipinski definition) is 10. The molecule has 0 spiro atoms. The Hall–Kier alpha value is -3.87. The second-order valence-corrected chi connectivity index (χ2v) is 14.0. The van der Waals surface area contributed by atoms with Crippen molar-refractivity contribution in [2.24, 2.45) is 0 Å². The Kier molecular flexibility index (Phi) is 11.6. The zero-order valence-corrected chi connectivity index (χ0v) is 30.3. The molecule has 2 heterocycles. The highest BCUT2D eigenvalue weighted by molar-refractivity contribution is 7.43. The van der Waals surface area contributed by atoms with Gasteiger partial charge in [-0.3, -0.25) is 18.9 Å². The summed E-state index contributed by atoms with van der Waals surface area (Å²) in [7, 11) is 0.869. The maximum Gasteiger partial charge on any atom is 0.330 e. The maximum absolute atomic E-state index is 13.0. The first-order valence-corrected chi connectivity index (χ1v) is 17.6. The molecule has 4 atom stereocenters. The Labute approximate surface area is 293 Å². The molecule has 13 heteroatoms. The van der Waals surface area contributed by atoms with Crippen LogP contribution in [-0.2, 0) is 19.6 Å². The Morgan fingerprint density at radius 3 is 1.94 bits per heavy atom. The quantitative estimate of drug-likeness (QED) is 0.0909. The molecular formula is C37H46N3O9P. The maximum atomic E-state index is 13.0. The fraction of sp³-hybridized carbons (Fsp3) is 0.405. The van der Waals surface area contributed by atoms with E-state index in [1.807, 2.05) is 107 Å². The number of aliphatic hydroxyl groups is 1. The first-order valence-electron chi connectivity index (χ1n) is 16.5. The van der Waals surface area contributed by atoms with Crippen molar-refractivity contribution in [3.05, 3.63) is 128 Å². The van der Waals surface area contributed by atoms with E-state index >= 15 is 0 Å². The minimum absolute atomic E-state index is 0.108. The lowest BCUT2D eigenvalue weighted by atomic mass is 9.80. The summed E-state index contributed by atoms with van der Waals surface area (Å²) in [6.45, 7) is 9.02. The van der Waals surface area contributed by atoms with Crippen molar-refractivity contribution in [3.63, 3.8) is 0 Å². The van der Waals surface area contributed by atoms with Gasteiger partial charge in [0.25, 0.3) is 14.1 Å². The van der Waals surface area contributed by atoms with Crippen molar-refractivity contribution >= 4 is 8.53 Å². The summed E-state index contributed by atoms with van der Waals surface area (Å²) in [4.78, 5) is 38.9. The van der Waals surface area contributed by atoms with Gasteiger partial charge in [0.2, 0.25) is 5.79 Å². The monoisotopic (exact) mass is 707 g/mol. The number of H-pyrrole nitrogens is 1. The molecular weight excluding hydrogens is 661 g/mol. The highest BCUT2D eigenvalue weighted by atomic mass is 31.2. The van der Waals surface area contributed by atoms with E-state index in [0.717, 1.165) is 16.7 Å². The summed E-state index contributed by atoms with van der Waals surface area (Å²) >= 11 is 0. The van der Waals surface area contributed by atoms with Gasteiger partial charge in [0.1, 0.15) is 29.4 Å². The smallest absolute Gasteiger partial charge is 0.330 e. The van der Waals surface area contributed by atoms with Gasteiger partial charge in [0.05, 0.1) is 27.2 Å². The van der Waals surface area contributed by atoms with Crippen LogP contribution in [0, 0.1) is 6.92 Å². The van der Waals surface area contributed by atoms with Crippen molar-refractivity contribution < 1.29 is 33.5 Å². The van der Waals surface area contributed by atoms with Gasteiger partial charge in [-0.25, -0.2) is 9.46 Å². The van der Waals surface area contributed by atoms with Crippen molar-refractivity contribution in [2.75, 3.05) is 20.8 Å². The minimum atomic E-state index is -2.32. The predicted molar refractivity (Wildman–Crippen MR) is 190 cm³/mol. The lowest BCUT2D eigenvalue weighted by Gasteiger charge is -2.40. The molecule has 1 aliphatic rings. The molecule has 0 saturated carbocycles. The van der Waals surface area contributed by atoms with Gasteiger partial charge < -0.3 is 28.9 Å². The van der Waals surface area contributed by atoms with E-state index in [-0.39, 0.29) is 30.7 Å². The highest BCUT2D eigenvalue weighted by Gasteiger charge is 2.53. The molecule has 1 fully saturated rings. The van der Waals surface area contributed by atoms with E-state index in [9.17, 15) is 19.6 Å². The van der Waals surface area contributed by atoms with E-state index in [4.69, 9.17) is 23.5 Å². The number of aryl methyl sites for hydroxylation is 1. The molecule has 50 heavy (non-hydrogen) atoms. The Morgan fingerprint density at radius 2 is 1.44 bits per heavy atom. The number of nitrogens with zero attached hydrogens (tertiary/aromatic N) is 2. The fourth-order valence-corrected chi connectivity index (χ4v) is 7.77. The standard InChI is InChI=1S/C37H46N3O9P/c1-24(2)40(25(3)4)50(44)49-36(43)21-33(39-22-26(5)34(41)38-35(39)42)48-32(36)23-47-37(27-11-9-8-10-12-27,28-13-17-30(45-6)18-14-28)29-15-19-31(46-7)20-16-29/h8-20,22,24-25,32-33,43-44H,21,23H2,1-7H3,(H,38,41,42)/t32-,33-,36-,50?/m1/s1. The number of nitrogens with one attached hydrogen (secondary N) is 1. The highest BCUT2D eigenvalue weighted by Crippen LogP contribution is 2.51. The normalized spacial score (nSPS) is 20.1. The van der Waals surface area contributed by atoms with Crippen LogP contribution in [0.1, 0.15) is 62.6 Å². The van der Waals surface area contributed by atoms with Crippen LogP contribution in [0.3, 0.4) is 0 Å². The average molecular weight is 708 g/mol. The summed E-state index contributed by atoms with van der Waals surface area (Å²) in [6.07, 6.45) is -1.11. The molecule has 268 valence electrons. The zero-order chi connectivity index (χ0) is 36.2. The van der Waals surface area contributed by atoms with Crippen LogP contribution >= 0.6 is 8.53 Å². The van der Waals surface area contributed by atoms with Crippen molar-refractivity contribution in [2.45, 2.75) is 76.8 Å². The lowest BCUT2D eigenvalue weighted by molar-refractivity contribution is -0.200. The summed E-state index contributed by atoms with van der Waals surface area (Å²) in [5, 5.41) is 12.3. The minimum Gasteiger partial charge on any atom is -0.497 e. The number of rotatable bonds is 14. The number of ether oxygens (including phenoxy) is 4. The van der Waals surface area contributed by atoms with E-state index in [1.54, 1.807) is 25.8 Å². The van der Waals surface area contributed by atoms with Crippen LogP contribution in [0.4, 0.5) is 0 Å². The molecule has 12 nitrogen and oxygen atoms in total. The third-order valence-electron chi connectivity index (χ3n) is 8.87. The molecule has 1 aromatic heterocycles. The first-order chi connectivity index (χ1) is 23.8. The van der Waals surface area contributed by atoms with Gasteiger partial charge in [-0.05, 0) is 75.6 Å². The Morgan fingerprint density at radius 1 is 0.920 bits per heavy atom. The third-order valence-corrected chi connectivity index (χ3v) is 10.7. The average Bonchev–Trinajstić information content (AvgIpc) is 3.42. The summed E-state index contributed by atoms with van der Waals surface area (Å²) in [5.41, 5.74) is 0.117. The number of methoxy groups -OCH3 is 2. The number of benzene rings is 3. The van der Waals surface area contributed by atoms with Crippen LogP contribution in [0.25, 0.3) is 0 Å². The van der Waals surface area contributed by atoms with Crippen molar-refractivity contribution in [1.29, 1.82) is 0 Å². The molecule has 4 aromatic rings. The molecule has 1 saturated heterocycles. The predicted octanol–water partition coefficient (Wildman–Crippen LogP) is 5.20. The van der Waals surface area contributed by atoms with E-state index < -0.39 is 43.5 Å². The molecule has 0 radical (unpaired) electrons. The third kappa shape index (κ3) is 7.57. The second-order valence-electron chi connectivity index (χ2n) is 12.8. The zero-order valence-electron chi connectivity index (χ0n) is 29.4. The molecule has 0 bridgehead atoms. The molecule has 3 N–H and O–H groups in total. The van der Waals surface area contributed by atoms with Crippen LogP contribution < -0.4 is 20.7 Å². The van der Waals surface area contributed by atoms with E-state index in [0.29, 0.717) is 11.5 Å². The molecule has 1 aliphatic heterocycles. The van der Waals surface area contributed by atoms with Gasteiger partial charge in [0, 0.05) is 23.8 Å². The summed E-state index contributed by atoms with van der Waals surface area (Å²) < 4.78 is 33.5. The Balaban J connectivity index is 1.62. The van der Waals surface area contributed by atoms with Gasteiger partial charge in [-0.15, -0.1) is 0 Å². The largest absolute Gasteiger partial charge is 0.497 e. The van der Waals surface area contributed by atoms with Crippen LogP contribution in [0.15, 0.2) is 94.6 Å². The second kappa shape index (κ2) is 15.6. The lowest BCUT2D eigenvalue weighted by Crippen LogP contribution is -2.46. The molecule has 0 aliphatic carbocycles. The molecule has 3 aromatic carbocycles. The number of aromatic nitrogens is 2. The topological polar surface area (TPSA) is 145 Å². The fourth-order valence-electron chi connectivity index (χ4n) is 6.41. The van der Waals surface area contributed by atoms with Gasteiger partial charge in [-0.2, -0.15) is 0 Å². The van der Waals surface area contributed by atoms with Crippen molar-refractivity contribution in [1.82, 2.24) is 14.2 Å².